The topological polar surface area (TPSA) is 47.3 Å². The van der Waals surface area contributed by atoms with Gasteiger partial charge in [0.1, 0.15) is 12.4 Å². The number of benzene rings is 1. The van der Waals surface area contributed by atoms with E-state index in [1.54, 1.807) is 0 Å². The van der Waals surface area contributed by atoms with Crippen LogP contribution in [0.15, 0.2) is 24.3 Å². The molecule has 18 heavy (non-hydrogen) atoms. The largest absolute Gasteiger partial charge is 0.492 e. The van der Waals surface area contributed by atoms with Gasteiger partial charge in [-0.05, 0) is 30.5 Å². The summed E-state index contributed by atoms with van der Waals surface area (Å²) in [6, 6.07) is 7.59. The van der Waals surface area contributed by atoms with Gasteiger partial charge >= 0.3 is 0 Å². The third-order valence-electron chi connectivity index (χ3n) is 2.95. The van der Waals surface area contributed by atoms with Crippen LogP contribution in [0.25, 0.3) is 0 Å². The predicted molar refractivity (Wildman–Crippen MR) is 76.7 cm³/mol. The minimum atomic E-state index is 0.172. The fraction of sp³-hybridized carbons (Fsp3) is 0.571. The van der Waals surface area contributed by atoms with Crippen molar-refractivity contribution in [1.29, 1.82) is 0 Å². The lowest BCUT2D eigenvalue weighted by Gasteiger charge is -2.20. The van der Waals surface area contributed by atoms with Gasteiger partial charge in [0, 0.05) is 5.02 Å². The van der Waals surface area contributed by atoms with Crippen LogP contribution in [0.1, 0.15) is 33.1 Å². The van der Waals surface area contributed by atoms with Gasteiger partial charge in [-0.1, -0.05) is 44.4 Å². The second kappa shape index (κ2) is 8.35. The fourth-order valence-corrected chi connectivity index (χ4v) is 2.21. The van der Waals surface area contributed by atoms with Crippen molar-refractivity contribution in [1.82, 2.24) is 5.43 Å². The maximum atomic E-state index is 5.90. The molecule has 4 heteroatoms. The van der Waals surface area contributed by atoms with Crippen LogP contribution in [0.2, 0.25) is 5.02 Å². The van der Waals surface area contributed by atoms with E-state index < -0.39 is 0 Å². The Balaban J connectivity index is 2.39. The van der Waals surface area contributed by atoms with E-state index in [0.29, 0.717) is 17.5 Å². The zero-order valence-electron chi connectivity index (χ0n) is 11.2. The molecule has 0 aliphatic heterocycles. The normalized spacial score (nSPS) is 14.2. The van der Waals surface area contributed by atoms with Crippen molar-refractivity contribution in [2.45, 2.75) is 39.2 Å². The van der Waals surface area contributed by atoms with Crippen LogP contribution in [0, 0.1) is 5.92 Å². The van der Waals surface area contributed by atoms with Gasteiger partial charge < -0.3 is 4.74 Å². The van der Waals surface area contributed by atoms with Gasteiger partial charge in [-0.15, -0.1) is 0 Å². The lowest BCUT2D eigenvalue weighted by atomic mass is 9.98. The molecule has 102 valence electrons. The lowest BCUT2D eigenvalue weighted by molar-refractivity contribution is 0.239. The van der Waals surface area contributed by atoms with Gasteiger partial charge in [0.15, 0.2) is 0 Å². The second-order valence-electron chi connectivity index (χ2n) is 4.76. The summed E-state index contributed by atoms with van der Waals surface area (Å²) in [7, 11) is 0. The lowest BCUT2D eigenvalue weighted by Crippen LogP contribution is -2.40. The van der Waals surface area contributed by atoms with Gasteiger partial charge in [-0.3, -0.25) is 11.3 Å². The molecule has 0 saturated heterocycles. The summed E-state index contributed by atoms with van der Waals surface area (Å²) in [4.78, 5) is 0. The number of hydrogen-bond donors (Lipinski definition) is 2. The summed E-state index contributed by atoms with van der Waals surface area (Å²) < 4.78 is 5.69. The number of halogens is 1. The number of ether oxygens (including phenoxy) is 1. The Morgan fingerprint density at radius 1 is 1.44 bits per heavy atom. The number of rotatable bonds is 8. The molecule has 0 radical (unpaired) electrons. The van der Waals surface area contributed by atoms with Gasteiger partial charge in [-0.25, -0.2) is 0 Å². The van der Waals surface area contributed by atoms with Crippen LogP contribution < -0.4 is 16.0 Å². The molecule has 1 aromatic carbocycles. The Kier molecular flexibility index (Phi) is 7.09. The van der Waals surface area contributed by atoms with Crippen LogP contribution in [0.3, 0.4) is 0 Å². The standard InChI is InChI=1S/C14H23ClN2O/c1-3-5-11(2)8-13(17-16)10-18-14-7-4-6-12(15)9-14/h4,6-7,9,11,13,17H,3,5,8,10,16H2,1-2H3. The zero-order valence-corrected chi connectivity index (χ0v) is 11.9. The van der Waals surface area contributed by atoms with Gasteiger partial charge in [0.05, 0.1) is 6.04 Å². The molecule has 1 aromatic rings. The highest BCUT2D eigenvalue weighted by molar-refractivity contribution is 6.30. The molecule has 0 spiro atoms. The molecule has 0 aliphatic carbocycles. The summed E-state index contributed by atoms with van der Waals surface area (Å²) in [5.74, 6) is 6.99. The van der Waals surface area contributed by atoms with Crippen LogP contribution in [0.4, 0.5) is 0 Å². The Labute approximate surface area is 115 Å². The van der Waals surface area contributed by atoms with E-state index in [1.807, 2.05) is 24.3 Å². The minimum Gasteiger partial charge on any atom is -0.492 e. The fourth-order valence-electron chi connectivity index (χ4n) is 2.03. The first-order valence-electron chi connectivity index (χ1n) is 6.50. The first kappa shape index (κ1) is 15.3. The van der Waals surface area contributed by atoms with E-state index >= 15 is 0 Å². The first-order chi connectivity index (χ1) is 8.65. The smallest absolute Gasteiger partial charge is 0.120 e. The molecule has 0 fully saturated rings. The zero-order chi connectivity index (χ0) is 13.4. The van der Waals surface area contributed by atoms with Gasteiger partial charge in [0.2, 0.25) is 0 Å². The second-order valence-corrected chi connectivity index (χ2v) is 5.20. The SMILES string of the molecule is CCCC(C)CC(COc1cccc(Cl)c1)NN. The summed E-state index contributed by atoms with van der Waals surface area (Å²) in [5.41, 5.74) is 2.82. The Bertz CT molecular complexity index is 346. The van der Waals surface area contributed by atoms with Gasteiger partial charge in [0.25, 0.3) is 0 Å². The average molecular weight is 271 g/mol. The van der Waals surface area contributed by atoms with E-state index in [9.17, 15) is 0 Å². The van der Waals surface area contributed by atoms with E-state index in [0.717, 1.165) is 12.2 Å². The molecule has 2 atom stereocenters. The molecule has 0 aliphatic rings. The molecular weight excluding hydrogens is 248 g/mol. The highest BCUT2D eigenvalue weighted by Crippen LogP contribution is 2.18. The molecule has 0 amide bonds. The molecule has 0 bridgehead atoms. The number of hydrogen-bond acceptors (Lipinski definition) is 3. The maximum absolute atomic E-state index is 5.90. The number of hydrazine groups is 1. The molecule has 0 heterocycles. The van der Waals surface area contributed by atoms with Gasteiger partial charge in [-0.2, -0.15) is 0 Å². The molecule has 2 unspecified atom stereocenters. The van der Waals surface area contributed by atoms with E-state index in [1.165, 1.54) is 12.8 Å². The van der Waals surface area contributed by atoms with Crippen molar-refractivity contribution in [3.8, 4) is 5.75 Å². The minimum absolute atomic E-state index is 0.172. The number of nitrogens with two attached hydrogens (primary N) is 1. The summed E-state index contributed by atoms with van der Waals surface area (Å²) >= 11 is 5.90. The average Bonchev–Trinajstić information content (AvgIpc) is 2.35. The molecule has 0 saturated carbocycles. The summed E-state index contributed by atoms with van der Waals surface area (Å²) in [6.45, 7) is 5.00. The Hall–Kier alpha value is -0.770. The van der Waals surface area contributed by atoms with Crippen LogP contribution in [0.5, 0.6) is 5.75 Å². The van der Waals surface area contributed by atoms with Crippen LogP contribution in [-0.4, -0.2) is 12.6 Å². The van der Waals surface area contributed by atoms with Crippen molar-refractivity contribution < 1.29 is 4.74 Å². The highest BCUT2D eigenvalue weighted by Gasteiger charge is 2.12. The summed E-state index contributed by atoms with van der Waals surface area (Å²) in [5, 5.41) is 0.684. The molecular formula is C14H23ClN2O. The molecule has 1 rings (SSSR count). The van der Waals surface area contributed by atoms with Crippen LogP contribution >= 0.6 is 11.6 Å². The highest BCUT2D eigenvalue weighted by atomic mass is 35.5. The van der Waals surface area contributed by atoms with E-state index in [4.69, 9.17) is 22.2 Å². The first-order valence-corrected chi connectivity index (χ1v) is 6.88. The molecule has 0 aromatic heterocycles. The monoisotopic (exact) mass is 270 g/mol. The van der Waals surface area contributed by atoms with Crippen molar-refractivity contribution in [2.24, 2.45) is 11.8 Å². The molecule has 3 N–H and O–H groups in total. The van der Waals surface area contributed by atoms with Crippen LogP contribution in [-0.2, 0) is 0 Å². The molecule has 3 nitrogen and oxygen atoms in total. The quantitative estimate of drug-likeness (QED) is 0.562. The summed E-state index contributed by atoms with van der Waals surface area (Å²) in [6.07, 6.45) is 3.44. The maximum Gasteiger partial charge on any atom is 0.120 e. The van der Waals surface area contributed by atoms with Crippen molar-refractivity contribution in [3.05, 3.63) is 29.3 Å². The number of nitrogens with one attached hydrogen (secondary N) is 1. The van der Waals surface area contributed by atoms with Crippen molar-refractivity contribution in [2.75, 3.05) is 6.61 Å². The van der Waals surface area contributed by atoms with Crippen molar-refractivity contribution >= 4 is 11.6 Å². The Morgan fingerprint density at radius 2 is 2.22 bits per heavy atom. The van der Waals surface area contributed by atoms with Crippen molar-refractivity contribution in [3.63, 3.8) is 0 Å². The third-order valence-corrected chi connectivity index (χ3v) is 3.19. The van der Waals surface area contributed by atoms with E-state index in [2.05, 4.69) is 19.3 Å². The third kappa shape index (κ3) is 5.71. The predicted octanol–water partition coefficient (Wildman–Crippen LogP) is 3.38. The van der Waals surface area contributed by atoms with E-state index in [-0.39, 0.29) is 6.04 Å². The Morgan fingerprint density at radius 3 is 2.83 bits per heavy atom.